The van der Waals surface area contributed by atoms with Crippen LogP contribution in [0.4, 0.5) is 0 Å². The first-order valence-electron chi connectivity index (χ1n) is 6.12. The highest BCUT2D eigenvalue weighted by molar-refractivity contribution is 6.33. The van der Waals surface area contributed by atoms with Gasteiger partial charge in [-0.2, -0.15) is 0 Å². The summed E-state index contributed by atoms with van der Waals surface area (Å²) >= 11 is 6.20. The van der Waals surface area contributed by atoms with Crippen molar-refractivity contribution in [1.82, 2.24) is 4.98 Å². The summed E-state index contributed by atoms with van der Waals surface area (Å²) in [7, 11) is 0. The van der Waals surface area contributed by atoms with Crippen LogP contribution >= 0.6 is 11.6 Å². The fourth-order valence-electron chi connectivity index (χ4n) is 1.99. The third-order valence-corrected chi connectivity index (χ3v) is 3.44. The summed E-state index contributed by atoms with van der Waals surface area (Å²) in [5.74, 6) is 0.421. The van der Waals surface area contributed by atoms with Gasteiger partial charge in [0.2, 0.25) is 0 Å². The van der Waals surface area contributed by atoms with E-state index in [0.29, 0.717) is 12.5 Å². The molecule has 1 aromatic carbocycles. The Morgan fingerprint density at radius 2 is 2.06 bits per heavy atom. The van der Waals surface area contributed by atoms with Crippen molar-refractivity contribution in [3.8, 4) is 11.1 Å². The van der Waals surface area contributed by atoms with E-state index >= 15 is 0 Å². The van der Waals surface area contributed by atoms with Crippen LogP contribution in [0.1, 0.15) is 24.8 Å². The molecule has 2 aromatic rings. The van der Waals surface area contributed by atoms with Gasteiger partial charge in [-0.25, -0.2) is 0 Å². The highest BCUT2D eigenvalue weighted by atomic mass is 35.5. The predicted octanol–water partition coefficient (Wildman–Crippen LogP) is 3.85. The lowest BCUT2D eigenvalue weighted by Gasteiger charge is -2.12. The van der Waals surface area contributed by atoms with Crippen molar-refractivity contribution in [2.75, 3.05) is 6.54 Å². The Bertz CT molecular complexity index is 525. The molecule has 0 fully saturated rings. The molecule has 3 heteroatoms. The fourth-order valence-corrected chi connectivity index (χ4v) is 2.23. The van der Waals surface area contributed by atoms with Crippen molar-refractivity contribution >= 4 is 11.6 Å². The lowest BCUT2D eigenvalue weighted by atomic mass is 9.96. The van der Waals surface area contributed by atoms with Crippen LogP contribution < -0.4 is 5.73 Å². The van der Waals surface area contributed by atoms with E-state index in [2.05, 4.69) is 18.0 Å². The number of hydrogen-bond acceptors (Lipinski definition) is 2. The second kappa shape index (κ2) is 5.98. The Balaban J connectivity index is 2.36. The molecule has 0 aliphatic carbocycles. The molecule has 2 N–H and O–H groups in total. The number of aromatic nitrogens is 1. The molecule has 1 unspecified atom stereocenters. The first kappa shape index (κ1) is 13.1. The third kappa shape index (κ3) is 2.89. The second-order valence-electron chi connectivity index (χ2n) is 4.47. The maximum atomic E-state index is 6.20. The molecule has 0 aliphatic heterocycles. The number of halogens is 1. The second-order valence-corrected chi connectivity index (χ2v) is 4.87. The zero-order valence-corrected chi connectivity index (χ0v) is 11.2. The van der Waals surface area contributed by atoms with Crippen LogP contribution in [0.3, 0.4) is 0 Å². The Morgan fingerprint density at radius 3 is 2.78 bits per heavy atom. The number of pyridine rings is 1. The molecule has 94 valence electrons. The van der Waals surface area contributed by atoms with E-state index < -0.39 is 0 Å². The standard InChI is InChI=1S/C15H17ClN2/c1-11(6-7-17)12-8-13(10-18-9-12)14-4-2-3-5-15(14)16/h2-5,8-11H,6-7,17H2,1H3. The molecule has 0 aliphatic rings. The number of nitrogens with two attached hydrogens (primary N) is 1. The molecular formula is C15H17ClN2. The van der Waals surface area contributed by atoms with Gasteiger partial charge in [-0.3, -0.25) is 4.98 Å². The number of benzene rings is 1. The summed E-state index contributed by atoms with van der Waals surface area (Å²) in [6, 6.07) is 9.97. The summed E-state index contributed by atoms with van der Waals surface area (Å²) in [6.45, 7) is 2.86. The summed E-state index contributed by atoms with van der Waals surface area (Å²) in [5.41, 5.74) is 8.88. The van der Waals surface area contributed by atoms with Crippen LogP contribution in [0.5, 0.6) is 0 Å². The fraction of sp³-hybridized carbons (Fsp3) is 0.267. The average molecular weight is 261 g/mol. The Kier molecular flexibility index (Phi) is 4.34. The van der Waals surface area contributed by atoms with Crippen LogP contribution in [0.25, 0.3) is 11.1 Å². The molecule has 1 atom stereocenters. The first-order chi connectivity index (χ1) is 8.72. The molecule has 2 nitrogen and oxygen atoms in total. The quantitative estimate of drug-likeness (QED) is 0.907. The average Bonchev–Trinajstić information content (AvgIpc) is 2.40. The molecule has 0 amide bonds. The van der Waals surface area contributed by atoms with Gasteiger partial charge in [0.15, 0.2) is 0 Å². The van der Waals surface area contributed by atoms with Crippen LogP contribution in [-0.2, 0) is 0 Å². The molecule has 0 saturated heterocycles. The highest BCUT2D eigenvalue weighted by Gasteiger charge is 2.08. The van der Waals surface area contributed by atoms with E-state index in [1.54, 1.807) is 0 Å². The maximum absolute atomic E-state index is 6.20. The molecule has 1 heterocycles. The van der Waals surface area contributed by atoms with Crippen molar-refractivity contribution in [3.05, 3.63) is 53.3 Å². The predicted molar refractivity (Wildman–Crippen MR) is 76.8 cm³/mol. The molecule has 0 bridgehead atoms. The Morgan fingerprint density at radius 1 is 1.28 bits per heavy atom. The number of rotatable bonds is 4. The third-order valence-electron chi connectivity index (χ3n) is 3.11. The van der Waals surface area contributed by atoms with Gasteiger partial charge in [0.05, 0.1) is 0 Å². The van der Waals surface area contributed by atoms with Crippen LogP contribution in [0.15, 0.2) is 42.7 Å². The molecule has 0 radical (unpaired) electrons. The van der Waals surface area contributed by atoms with E-state index in [1.807, 2.05) is 36.7 Å². The van der Waals surface area contributed by atoms with E-state index in [-0.39, 0.29) is 0 Å². The summed E-state index contributed by atoms with van der Waals surface area (Å²) in [4.78, 5) is 4.31. The SMILES string of the molecule is CC(CCN)c1cncc(-c2ccccc2Cl)c1. The topological polar surface area (TPSA) is 38.9 Å². The zero-order valence-electron chi connectivity index (χ0n) is 10.4. The minimum atomic E-state index is 0.421. The van der Waals surface area contributed by atoms with Crippen LogP contribution in [0, 0.1) is 0 Å². The van der Waals surface area contributed by atoms with Crippen molar-refractivity contribution < 1.29 is 0 Å². The van der Waals surface area contributed by atoms with Gasteiger partial charge >= 0.3 is 0 Å². The minimum absolute atomic E-state index is 0.421. The molecule has 0 saturated carbocycles. The van der Waals surface area contributed by atoms with Crippen molar-refractivity contribution in [2.24, 2.45) is 5.73 Å². The Hall–Kier alpha value is -1.38. The lowest BCUT2D eigenvalue weighted by Crippen LogP contribution is -2.04. The lowest BCUT2D eigenvalue weighted by molar-refractivity contribution is 0.687. The van der Waals surface area contributed by atoms with Crippen molar-refractivity contribution in [1.29, 1.82) is 0 Å². The monoisotopic (exact) mass is 260 g/mol. The van der Waals surface area contributed by atoms with Gasteiger partial charge in [-0.05, 0) is 36.6 Å². The van der Waals surface area contributed by atoms with Gasteiger partial charge in [0.25, 0.3) is 0 Å². The Labute approximate surface area is 113 Å². The number of nitrogens with zero attached hydrogens (tertiary/aromatic N) is 1. The molecule has 2 rings (SSSR count). The van der Waals surface area contributed by atoms with E-state index in [0.717, 1.165) is 22.6 Å². The van der Waals surface area contributed by atoms with Gasteiger partial charge in [-0.1, -0.05) is 36.7 Å². The van der Waals surface area contributed by atoms with Gasteiger partial charge in [-0.15, -0.1) is 0 Å². The van der Waals surface area contributed by atoms with Gasteiger partial charge < -0.3 is 5.73 Å². The van der Waals surface area contributed by atoms with Crippen molar-refractivity contribution in [2.45, 2.75) is 19.3 Å². The molecule has 1 aromatic heterocycles. The summed E-state index contributed by atoms with van der Waals surface area (Å²) in [6.07, 6.45) is 4.72. The van der Waals surface area contributed by atoms with E-state index in [4.69, 9.17) is 17.3 Å². The van der Waals surface area contributed by atoms with E-state index in [9.17, 15) is 0 Å². The molecule has 18 heavy (non-hydrogen) atoms. The van der Waals surface area contributed by atoms with Crippen molar-refractivity contribution in [3.63, 3.8) is 0 Å². The maximum Gasteiger partial charge on any atom is 0.0484 e. The molecule has 0 spiro atoms. The van der Waals surface area contributed by atoms with Crippen LogP contribution in [0.2, 0.25) is 5.02 Å². The number of hydrogen-bond donors (Lipinski definition) is 1. The minimum Gasteiger partial charge on any atom is -0.330 e. The van der Waals surface area contributed by atoms with Gasteiger partial charge in [0.1, 0.15) is 0 Å². The smallest absolute Gasteiger partial charge is 0.0484 e. The van der Waals surface area contributed by atoms with Gasteiger partial charge in [0, 0.05) is 28.5 Å². The first-order valence-corrected chi connectivity index (χ1v) is 6.50. The normalized spacial score (nSPS) is 12.4. The highest BCUT2D eigenvalue weighted by Crippen LogP contribution is 2.29. The molecular weight excluding hydrogens is 244 g/mol. The van der Waals surface area contributed by atoms with Crippen LogP contribution in [-0.4, -0.2) is 11.5 Å². The largest absolute Gasteiger partial charge is 0.330 e. The zero-order chi connectivity index (χ0) is 13.0. The summed E-state index contributed by atoms with van der Waals surface area (Å²) in [5, 5.41) is 0.753. The van der Waals surface area contributed by atoms with E-state index in [1.165, 1.54) is 5.56 Å². The summed E-state index contributed by atoms with van der Waals surface area (Å²) < 4.78 is 0.